The molecule has 0 aromatic heterocycles. The second-order valence-electron chi connectivity index (χ2n) is 5.62. The van der Waals surface area contributed by atoms with Gasteiger partial charge in [-0.1, -0.05) is 12.2 Å². The van der Waals surface area contributed by atoms with Crippen LogP contribution in [-0.2, 0) is 19.4 Å². The molecule has 0 aliphatic rings. The van der Waals surface area contributed by atoms with Gasteiger partial charge in [0.1, 0.15) is 0 Å². The second-order valence-corrected chi connectivity index (χ2v) is 7.57. The summed E-state index contributed by atoms with van der Waals surface area (Å²) in [6.07, 6.45) is 2.09. The van der Waals surface area contributed by atoms with E-state index >= 15 is 0 Å². The topological polar surface area (TPSA) is 86.7 Å². The van der Waals surface area contributed by atoms with Gasteiger partial charge in [-0.3, -0.25) is 9.59 Å². The minimum atomic E-state index is -4.27. The van der Waals surface area contributed by atoms with Crippen LogP contribution in [0.3, 0.4) is 0 Å². The van der Waals surface area contributed by atoms with Crippen molar-refractivity contribution in [1.82, 2.24) is 0 Å². The van der Waals surface area contributed by atoms with Crippen molar-refractivity contribution in [2.75, 3.05) is 0 Å². The van der Waals surface area contributed by atoms with Gasteiger partial charge in [-0.25, -0.2) is 17.2 Å². The number of ether oxygens (including phenoxy) is 2. The molecule has 0 aliphatic carbocycles. The average molecular weight is 446 g/mol. The van der Waals surface area contributed by atoms with E-state index in [1.165, 1.54) is 12.2 Å². The third-order valence-electron chi connectivity index (χ3n) is 3.50. The molecule has 0 unspecified atom stereocenters. The smallest absolute Gasteiger partial charge is 1.00 e. The predicted octanol–water partition coefficient (Wildman–Crippen LogP) is 0.877. The van der Waals surface area contributed by atoms with E-state index in [0.717, 1.165) is 36.4 Å². The molecule has 0 N–H and O–H groups in total. The maximum Gasteiger partial charge on any atom is 1.00 e. The summed E-state index contributed by atoms with van der Waals surface area (Å²) in [7, 11) is -4.27. The van der Waals surface area contributed by atoms with Crippen molar-refractivity contribution in [3.63, 3.8) is 0 Å². The Bertz CT molecular complexity index is 1010. The molecule has 0 fully saturated rings. The Balaban J connectivity index is 0.00000450. The quantitative estimate of drug-likeness (QED) is 0.197. The van der Waals surface area contributed by atoms with Gasteiger partial charge in [0.15, 0.2) is 23.1 Å². The number of sulfone groups is 1. The van der Waals surface area contributed by atoms with Gasteiger partial charge in [0, 0.05) is 12.1 Å². The minimum Gasteiger partial charge on any atom is -1.00 e. The Labute approximate surface area is 195 Å². The summed E-state index contributed by atoms with van der Waals surface area (Å²) in [6.45, 7) is 6.69. The van der Waals surface area contributed by atoms with E-state index in [-0.39, 0.29) is 43.8 Å². The maximum absolute atomic E-state index is 13.9. The number of carbonyl (C=O) groups excluding carboxylic acids is 2. The van der Waals surface area contributed by atoms with E-state index in [9.17, 15) is 26.8 Å². The largest absolute Gasteiger partial charge is 1.00 e. The van der Waals surface area contributed by atoms with Crippen LogP contribution >= 0.6 is 0 Å². The molecule has 2 rings (SSSR count). The molecule has 0 radical (unpaired) electrons. The predicted molar refractivity (Wildman–Crippen MR) is 100 cm³/mol. The Morgan fingerprint density at radius 1 is 0.867 bits per heavy atom. The van der Waals surface area contributed by atoms with E-state index in [0.29, 0.717) is 0 Å². The van der Waals surface area contributed by atoms with Gasteiger partial charge >= 0.3 is 41.5 Å². The molecule has 154 valence electrons. The molecule has 6 nitrogen and oxygen atoms in total. The zero-order chi connectivity index (χ0) is 21.6. The van der Waals surface area contributed by atoms with Gasteiger partial charge < -0.3 is 10.9 Å². The fourth-order valence-corrected chi connectivity index (χ4v) is 3.45. The van der Waals surface area contributed by atoms with Crippen molar-refractivity contribution in [3.05, 3.63) is 73.3 Å². The van der Waals surface area contributed by atoms with Crippen molar-refractivity contribution in [1.29, 1.82) is 0 Å². The number of benzene rings is 2. The van der Waals surface area contributed by atoms with Crippen LogP contribution < -0.4 is 39.0 Å². The molecule has 0 saturated heterocycles. The third kappa shape index (κ3) is 6.33. The molecule has 0 heterocycles. The normalized spacial score (nSPS) is 10.5. The molecule has 30 heavy (non-hydrogen) atoms. The Morgan fingerprint density at radius 3 is 1.57 bits per heavy atom. The standard InChI is InChI=1S/C20H16F2O6S.Na.H/c1-3-5-19(23)27-17-11-13(7-9-15(17)21)29(25,26)14-8-10-16(22)18(12-14)28-20(24)6-4-2;;/h3-4,7-12H,1-2,5-6H2;;/q;+1;-1. The van der Waals surface area contributed by atoms with Gasteiger partial charge in [0.05, 0.1) is 22.6 Å². The van der Waals surface area contributed by atoms with Gasteiger partial charge in [-0.05, 0) is 24.3 Å². The van der Waals surface area contributed by atoms with Crippen LogP contribution in [0, 0.1) is 11.6 Å². The van der Waals surface area contributed by atoms with Gasteiger partial charge in [0.2, 0.25) is 9.84 Å². The molecule has 0 amide bonds. The van der Waals surface area contributed by atoms with Crippen molar-refractivity contribution < 1.29 is 67.2 Å². The SMILES string of the molecule is C=CCC(=O)Oc1cc(S(=O)(=O)c2ccc(F)c(OC(=O)CC=C)c2)ccc1F.[H-].[Na+]. The first-order valence-electron chi connectivity index (χ1n) is 8.16. The fraction of sp³-hybridized carbons (Fsp3) is 0.100. The van der Waals surface area contributed by atoms with E-state index in [2.05, 4.69) is 13.2 Å². The summed E-state index contributed by atoms with van der Waals surface area (Å²) in [4.78, 5) is 22.2. The molecule has 2 aromatic rings. The number of rotatable bonds is 8. The number of hydrogen-bond donors (Lipinski definition) is 0. The molecule has 0 spiro atoms. The van der Waals surface area contributed by atoms with E-state index in [4.69, 9.17) is 9.47 Å². The van der Waals surface area contributed by atoms with Gasteiger partial charge in [-0.15, -0.1) is 13.2 Å². The zero-order valence-corrected chi connectivity index (χ0v) is 18.9. The number of esters is 2. The van der Waals surface area contributed by atoms with Gasteiger partial charge in [0.25, 0.3) is 0 Å². The van der Waals surface area contributed by atoms with Crippen LogP contribution in [0.2, 0.25) is 0 Å². The van der Waals surface area contributed by atoms with Crippen LogP contribution in [0.25, 0.3) is 0 Å². The molecule has 10 heteroatoms. The van der Waals surface area contributed by atoms with E-state index in [1.54, 1.807) is 0 Å². The van der Waals surface area contributed by atoms with Crippen molar-refractivity contribution in [2.45, 2.75) is 22.6 Å². The first-order valence-corrected chi connectivity index (χ1v) is 9.64. The summed E-state index contributed by atoms with van der Waals surface area (Å²) < 4.78 is 63.0. The minimum absolute atomic E-state index is 0. The van der Waals surface area contributed by atoms with Crippen molar-refractivity contribution in [2.24, 2.45) is 0 Å². The first kappa shape index (κ1) is 25.7. The summed E-state index contributed by atoms with van der Waals surface area (Å²) in [5.41, 5.74) is 0. The monoisotopic (exact) mass is 446 g/mol. The Hall–Kier alpha value is -2.33. The number of halogens is 2. The molecule has 0 saturated carbocycles. The molecule has 2 aromatic carbocycles. The Kier molecular flexibility index (Phi) is 9.57. The maximum atomic E-state index is 13.9. The summed E-state index contributed by atoms with van der Waals surface area (Å²) >= 11 is 0. The van der Waals surface area contributed by atoms with Crippen LogP contribution in [0.15, 0.2) is 71.5 Å². The molecule has 0 bridgehead atoms. The van der Waals surface area contributed by atoms with Crippen LogP contribution in [0.5, 0.6) is 11.5 Å². The van der Waals surface area contributed by atoms with Crippen molar-refractivity contribution >= 4 is 21.8 Å². The molecule has 0 aliphatic heterocycles. The van der Waals surface area contributed by atoms with Crippen molar-refractivity contribution in [3.8, 4) is 11.5 Å². The molecular weight excluding hydrogens is 429 g/mol. The Morgan fingerprint density at radius 2 is 1.23 bits per heavy atom. The zero-order valence-electron chi connectivity index (χ0n) is 17.1. The van der Waals surface area contributed by atoms with Crippen LogP contribution in [0.1, 0.15) is 14.3 Å². The van der Waals surface area contributed by atoms with Crippen LogP contribution in [0.4, 0.5) is 8.78 Å². The fourth-order valence-electron chi connectivity index (χ4n) is 2.16. The molecule has 0 atom stereocenters. The van der Waals surface area contributed by atoms with Gasteiger partial charge in [-0.2, -0.15) is 0 Å². The summed E-state index contributed by atoms with van der Waals surface area (Å²) in [5.74, 6) is -4.72. The number of carbonyl (C=O) groups is 2. The summed E-state index contributed by atoms with van der Waals surface area (Å²) in [6, 6.07) is 5.22. The second kappa shape index (κ2) is 11.2. The number of hydrogen-bond acceptors (Lipinski definition) is 6. The van der Waals surface area contributed by atoms with Crippen LogP contribution in [-0.4, -0.2) is 20.4 Å². The van der Waals surface area contributed by atoms with E-state index < -0.39 is 54.7 Å². The van der Waals surface area contributed by atoms with E-state index in [1.807, 2.05) is 0 Å². The third-order valence-corrected chi connectivity index (χ3v) is 5.24. The molecular formula is C20H17F2NaO6S. The summed E-state index contributed by atoms with van der Waals surface area (Å²) in [5, 5.41) is 0. The first-order chi connectivity index (χ1) is 13.7. The average Bonchev–Trinajstić information content (AvgIpc) is 2.65.